The van der Waals surface area contributed by atoms with E-state index in [9.17, 15) is 13.2 Å². The molecule has 42 heavy (non-hydrogen) atoms. The molecule has 2 N–H and O–H groups in total. The maximum absolute atomic E-state index is 13.1. The second-order valence-electron chi connectivity index (χ2n) is 9.67. The molecule has 0 spiro atoms. The van der Waals surface area contributed by atoms with E-state index in [2.05, 4.69) is 20.6 Å². The van der Waals surface area contributed by atoms with Crippen LogP contribution in [0.2, 0.25) is 0 Å². The number of nitrogens with one attached hydrogen (secondary N) is 2. The number of aromatic nitrogens is 5. The van der Waals surface area contributed by atoms with Crippen LogP contribution in [0, 0.1) is 0 Å². The lowest BCUT2D eigenvalue weighted by Gasteiger charge is -2.12. The van der Waals surface area contributed by atoms with Gasteiger partial charge in [0.25, 0.3) is 0 Å². The highest BCUT2D eigenvalue weighted by Crippen LogP contribution is 2.30. The Balaban J connectivity index is 1.32. The summed E-state index contributed by atoms with van der Waals surface area (Å²) in [5, 5.41) is 8.57. The molecule has 8 nitrogen and oxygen atoms in total. The number of fused-ring (bicyclic) bond motifs is 2. The average Bonchev–Trinajstić information content (AvgIpc) is 3.40. The average molecular weight is 570 g/mol. The van der Waals surface area contributed by atoms with Crippen LogP contribution < -0.4 is 15.4 Å². The first-order valence-corrected chi connectivity index (χ1v) is 13.2. The number of ether oxygens (including phenoxy) is 1. The van der Waals surface area contributed by atoms with E-state index in [1.165, 1.54) is 12.1 Å². The van der Waals surface area contributed by atoms with E-state index in [1.807, 2.05) is 54.6 Å². The molecule has 0 radical (unpaired) electrons. The maximum atomic E-state index is 13.1. The summed E-state index contributed by atoms with van der Waals surface area (Å²) in [4.78, 5) is 18.5. The van der Waals surface area contributed by atoms with Crippen LogP contribution in [0.25, 0.3) is 21.9 Å². The number of nitrogens with zero attached hydrogens (tertiary/aromatic N) is 5. The zero-order valence-corrected chi connectivity index (χ0v) is 22.6. The maximum Gasteiger partial charge on any atom is 0.416 e. The van der Waals surface area contributed by atoms with Crippen LogP contribution in [0.1, 0.15) is 16.7 Å². The number of imidazole rings is 1. The van der Waals surface area contributed by atoms with Crippen molar-refractivity contribution in [3.63, 3.8) is 0 Å². The summed E-state index contributed by atoms with van der Waals surface area (Å²) in [7, 11) is 1.63. The van der Waals surface area contributed by atoms with Crippen LogP contribution in [0.3, 0.4) is 0 Å². The number of halogens is 3. The van der Waals surface area contributed by atoms with Crippen LogP contribution in [0.5, 0.6) is 5.75 Å². The van der Waals surface area contributed by atoms with E-state index in [1.54, 1.807) is 24.2 Å². The molecule has 3 aromatic heterocycles. The van der Waals surface area contributed by atoms with Gasteiger partial charge in [0.05, 0.1) is 25.5 Å². The van der Waals surface area contributed by atoms with Crippen LogP contribution in [0.15, 0.2) is 91.4 Å². The highest BCUT2D eigenvalue weighted by Gasteiger charge is 2.30. The SMILES string of the molecule is COc1ccc(CCNc2nc(Nc3nccc4ccccc34)nc3c2ncn3Cc2ccc(C(F)(F)F)cc2)cc1. The Hall–Kier alpha value is -5.19. The minimum atomic E-state index is -4.39. The van der Waals surface area contributed by atoms with Crippen molar-refractivity contribution in [2.75, 3.05) is 24.3 Å². The normalized spacial score (nSPS) is 11.6. The molecule has 0 saturated heterocycles. The fraction of sp³-hybridized carbons (Fsp3) is 0.161. The largest absolute Gasteiger partial charge is 0.497 e. The summed E-state index contributed by atoms with van der Waals surface area (Å²) in [5.74, 6) is 2.24. The molecular weight excluding hydrogens is 543 g/mol. The summed E-state index contributed by atoms with van der Waals surface area (Å²) >= 11 is 0. The predicted octanol–water partition coefficient (Wildman–Crippen LogP) is 6.85. The molecule has 0 bridgehead atoms. The number of benzene rings is 3. The number of hydrogen-bond acceptors (Lipinski definition) is 7. The number of rotatable bonds is 9. The number of pyridine rings is 1. The Morgan fingerprint density at radius 3 is 2.36 bits per heavy atom. The molecule has 0 aliphatic heterocycles. The molecular formula is C31H26F3N7O. The predicted molar refractivity (Wildman–Crippen MR) is 156 cm³/mol. The van der Waals surface area contributed by atoms with Gasteiger partial charge in [-0.2, -0.15) is 23.1 Å². The number of alkyl halides is 3. The second kappa shape index (κ2) is 11.4. The van der Waals surface area contributed by atoms with Crippen molar-refractivity contribution in [2.45, 2.75) is 19.1 Å². The molecule has 0 fully saturated rings. The third-order valence-corrected chi connectivity index (χ3v) is 6.87. The van der Waals surface area contributed by atoms with Gasteiger partial charge in [-0.05, 0) is 53.3 Å². The lowest BCUT2D eigenvalue weighted by molar-refractivity contribution is -0.137. The Labute approximate surface area is 239 Å². The Bertz CT molecular complexity index is 1830. The van der Waals surface area contributed by atoms with Gasteiger partial charge in [0.15, 0.2) is 17.0 Å². The van der Waals surface area contributed by atoms with Gasteiger partial charge in [0.2, 0.25) is 5.95 Å². The number of methoxy groups -OCH3 is 1. The fourth-order valence-corrected chi connectivity index (χ4v) is 4.68. The first-order valence-electron chi connectivity index (χ1n) is 13.2. The first kappa shape index (κ1) is 27.0. The quantitative estimate of drug-likeness (QED) is 0.197. The molecule has 212 valence electrons. The van der Waals surface area contributed by atoms with Crippen molar-refractivity contribution in [1.29, 1.82) is 0 Å². The molecule has 0 unspecified atom stereocenters. The van der Waals surface area contributed by atoms with E-state index >= 15 is 0 Å². The van der Waals surface area contributed by atoms with Gasteiger partial charge in [0, 0.05) is 18.1 Å². The van der Waals surface area contributed by atoms with E-state index < -0.39 is 11.7 Å². The molecule has 6 aromatic rings. The summed E-state index contributed by atoms with van der Waals surface area (Å²) in [6.45, 7) is 0.860. The zero-order valence-electron chi connectivity index (χ0n) is 22.6. The minimum absolute atomic E-state index is 0.281. The number of anilines is 3. The van der Waals surface area contributed by atoms with Crippen molar-refractivity contribution in [2.24, 2.45) is 0 Å². The van der Waals surface area contributed by atoms with Gasteiger partial charge in [-0.25, -0.2) is 9.97 Å². The fourth-order valence-electron chi connectivity index (χ4n) is 4.68. The first-order chi connectivity index (χ1) is 20.4. The van der Waals surface area contributed by atoms with E-state index in [-0.39, 0.29) is 6.54 Å². The summed E-state index contributed by atoms with van der Waals surface area (Å²) in [6.07, 6.45) is -0.330. The van der Waals surface area contributed by atoms with Gasteiger partial charge < -0.3 is 19.9 Å². The Morgan fingerprint density at radius 1 is 0.833 bits per heavy atom. The lowest BCUT2D eigenvalue weighted by Crippen LogP contribution is -2.10. The smallest absolute Gasteiger partial charge is 0.416 e. The van der Waals surface area contributed by atoms with Gasteiger partial charge in [-0.1, -0.05) is 48.5 Å². The van der Waals surface area contributed by atoms with Crippen LogP contribution in [-0.2, 0) is 19.1 Å². The highest BCUT2D eigenvalue weighted by atomic mass is 19.4. The summed E-state index contributed by atoms with van der Waals surface area (Å²) in [5.41, 5.74) is 2.19. The molecule has 0 atom stereocenters. The minimum Gasteiger partial charge on any atom is -0.497 e. The summed E-state index contributed by atoms with van der Waals surface area (Å²) in [6, 6.07) is 22.7. The molecule has 3 heterocycles. The lowest BCUT2D eigenvalue weighted by atomic mass is 10.1. The Kier molecular flexibility index (Phi) is 7.30. The molecule has 0 aliphatic carbocycles. The standard InChI is InChI=1S/C31H26F3N7O/c1-42-24-12-8-20(9-13-24)14-16-36-28-26-29(41(19-37-26)18-21-6-10-23(11-7-21)31(32,33)34)40-30(39-28)38-27-25-5-3-2-4-22(25)15-17-35-27/h2-13,15,17,19H,14,16,18H2,1H3,(H2,35,36,38,39,40). The van der Waals surface area contributed by atoms with Gasteiger partial charge in [0.1, 0.15) is 11.6 Å². The number of hydrogen-bond donors (Lipinski definition) is 2. The van der Waals surface area contributed by atoms with Crippen molar-refractivity contribution < 1.29 is 17.9 Å². The monoisotopic (exact) mass is 569 g/mol. The van der Waals surface area contributed by atoms with E-state index in [4.69, 9.17) is 14.7 Å². The zero-order chi connectivity index (χ0) is 29.1. The second-order valence-corrected chi connectivity index (χ2v) is 9.67. The van der Waals surface area contributed by atoms with Gasteiger partial charge in [-0.3, -0.25) is 0 Å². The third kappa shape index (κ3) is 5.80. The molecule has 11 heteroatoms. The van der Waals surface area contributed by atoms with Crippen molar-refractivity contribution in [3.8, 4) is 5.75 Å². The molecule has 6 rings (SSSR count). The van der Waals surface area contributed by atoms with Crippen molar-refractivity contribution >= 4 is 39.5 Å². The summed E-state index contributed by atoms with van der Waals surface area (Å²) < 4.78 is 46.2. The van der Waals surface area contributed by atoms with Crippen LogP contribution in [0.4, 0.5) is 30.8 Å². The molecule has 0 saturated carbocycles. The molecule has 0 aliphatic rings. The molecule has 0 amide bonds. The molecule has 3 aromatic carbocycles. The van der Waals surface area contributed by atoms with Crippen molar-refractivity contribution in [1.82, 2.24) is 24.5 Å². The van der Waals surface area contributed by atoms with Crippen LogP contribution >= 0.6 is 0 Å². The van der Waals surface area contributed by atoms with Gasteiger partial charge >= 0.3 is 6.18 Å². The van der Waals surface area contributed by atoms with Crippen molar-refractivity contribution in [3.05, 3.63) is 108 Å². The van der Waals surface area contributed by atoms with Crippen LogP contribution in [-0.4, -0.2) is 38.2 Å². The topological polar surface area (TPSA) is 89.8 Å². The van der Waals surface area contributed by atoms with E-state index in [0.717, 1.165) is 40.6 Å². The van der Waals surface area contributed by atoms with E-state index in [0.29, 0.717) is 40.9 Å². The van der Waals surface area contributed by atoms with Gasteiger partial charge in [-0.15, -0.1) is 0 Å². The highest BCUT2D eigenvalue weighted by molar-refractivity contribution is 5.93. The Morgan fingerprint density at radius 2 is 1.60 bits per heavy atom. The third-order valence-electron chi connectivity index (χ3n) is 6.87.